The minimum atomic E-state index is -4.77. The number of nitriles is 1. The van der Waals surface area contributed by atoms with Crippen LogP contribution in [0.15, 0.2) is 42.5 Å². The highest BCUT2D eigenvalue weighted by molar-refractivity contribution is 7.80. The summed E-state index contributed by atoms with van der Waals surface area (Å²) in [6.45, 7) is 8.67. The van der Waals surface area contributed by atoms with Gasteiger partial charge in [-0.05, 0) is 121 Å². The molecule has 2 aromatic carbocycles. The van der Waals surface area contributed by atoms with Crippen molar-refractivity contribution in [3.63, 3.8) is 0 Å². The van der Waals surface area contributed by atoms with Gasteiger partial charge in [0.05, 0.1) is 54.8 Å². The molecule has 3 aliphatic heterocycles. The van der Waals surface area contributed by atoms with Gasteiger partial charge in [0.1, 0.15) is 11.6 Å². The van der Waals surface area contributed by atoms with Crippen molar-refractivity contribution in [1.82, 2.24) is 15.1 Å². The molecule has 2 aromatic rings. The lowest BCUT2D eigenvalue weighted by atomic mass is 9.89. The predicted octanol–water partition coefficient (Wildman–Crippen LogP) is 5.73. The van der Waals surface area contributed by atoms with E-state index < -0.39 is 34.8 Å². The second-order valence-corrected chi connectivity index (χ2v) is 16.5. The molecule has 4 fully saturated rings. The highest BCUT2D eigenvalue weighted by Gasteiger charge is 2.52. The summed E-state index contributed by atoms with van der Waals surface area (Å²) < 4.78 is 53.6. The number of anilines is 3. The monoisotopic (exact) mass is 825 g/mol. The fourth-order valence-corrected chi connectivity index (χ4v) is 9.21. The van der Waals surface area contributed by atoms with Crippen molar-refractivity contribution >= 4 is 58.0 Å². The molecule has 0 aromatic heterocycles. The Morgan fingerprint density at radius 1 is 0.966 bits per heavy atom. The molecule has 3 heterocycles. The third-order valence-corrected chi connectivity index (χ3v) is 12.0. The minimum absolute atomic E-state index is 0.00840. The highest BCUT2D eigenvalue weighted by atomic mass is 32.1. The largest absolute Gasteiger partial charge is 0.417 e. The Morgan fingerprint density at radius 2 is 1.62 bits per heavy atom. The molecule has 0 radical (unpaired) electrons. The van der Waals surface area contributed by atoms with Crippen LogP contribution in [0.5, 0.6) is 0 Å². The normalized spacial score (nSPS) is 26.7. The van der Waals surface area contributed by atoms with Crippen molar-refractivity contribution in [2.45, 2.75) is 127 Å². The van der Waals surface area contributed by atoms with Crippen LogP contribution in [0.25, 0.3) is 0 Å². The van der Waals surface area contributed by atoms with E-state index in [2.05, 4.69) is 34.7 Å². The lowest BCUT2D eigenvalue weighted by molar-refractivity contribution is -0.138. The van der Waals surface area contributed by atoms with E-state index in [1.54, 1.807) is 44.2 Å². The minimum Gasteiger partial charge on any atom is -0.376 e. The maximum absolute atomic E-state index is 13.7. The molecular weight excluding hydrogens is 776 g/mol. The summed E-state index contributed by atoms with van der Waals surface area (Å²) in [7, 11) is 0. The van der Waals surface area contributed by atoms with Crippen LogP contribution in [0.1, 0.15) is 90.2 Å². The number of thiocarbonyl (C=S) groups is 1. The fraction of sp³-hybridized carbons (Fsp3) is 0.561. The maximum Gasteiger partial charge on any atom is 0.417 e. The van der Waals surface area contributed by atoms with Crippen molar-refractivity contribution < 1.29 is 41.8 Å². The standard InChI is InChI=1S/C41H50F3N7O6S/c1-24-18-32(19-25(2)49(24)23-36(53)47-28-7-5-6-27(20-28)46-34-14-15-35(52)48-37(34)54)57-17-16-56-31-12-10-29(11-13-31)51-39(58)50(38(55)40(51,3)4)30-9-8-26(22-45)33(21-30)41(42,43)44/h5-9,20-21,24-25,29,31-32,34,46H,10-19,23H2,1-4H3,(H,47,53)(H,48,52,54)/t24-,25+,29?,31?,32?,34?. The molecule has 1 aliphatic carbocycles. The molecule has 58 heavy (non-hydrogen) atoms. The molecular formula is C41H50F3N7O6S. The maximum atomic E-state index is 13.7. The molecule has 3 N–H and O–H groups in total. The number of ether oxygens (including phenoxy) is 2. The van der Waals surface area contributed by atoms with Crippen LogP contribution in [-0.4, -0.2) is 100 Å². The van der Waals surface area contributed by atoms with Gasteiger partial charge in [0.2, 0.25) is 17.7 Å². The average molecular weight is 826 g/mol. The van der Waals surface area contributed by atoms with Crippen LogP contribution in [0.3, 0.4) is 0 Å². The number of nitrogens with one attached hydrogen (secondary N) is 3. The Bertz CT molecular complexity index is 1940. The summed E-state index contributed by atoms with van der Waals surface area (Å²) in [6.07, 6.45) is 0.235. The summed E-state index contributed by atoms with van der Waals surface area (Å²) in [5.41, 5.74) is -1.46. The number of rotatable bonds is 12. The van der Waals surface area contributed by atoms with Gasteiger partial charge in [0.25, 0.3) is 5.91 Å². The third kappa shape index (κ3) is 9.62. The molecule has 0 spiro atoms. The van der Waals surface area contributed by atoms with Crippen LogP contribution in [0.4, 0.5) is 30.2 Å². The van der Waals surface area contributed by atoms with Gasteiger partial charge in [-0.15, -0.1) is 0 Å². The first-order chi connectivity index (χ1) is 27.5. The predicted molar refractivity (Wildman–Crippen MR) is 214 cm³/mol. The van der Waals surface area contributed by atoms with Crippen LogP contribution in [-0.2, 0) is 34.8 Å². The number of hydrogen-bond acceptors (Lipinski definition) is 10. The quantitative estimate of drug-likeness (QED) is 0.137. The molecule has 4 atom stereocenters. The molecule has 13 nitrogen and oxygen atoms in total. The SMILES string of the molecule is C[C@@H]1CC(OCCOC2CCC(N3C(=S)N(c4ccc(C#N)c(C(F)(F)F)c4)C(=O)C3(C)C)CC2)C[C@H](C)N1CC(=O)Nc1cccc(NC2CCC(=O)NC2=O)c1. The number of imide groups is 1. The molecule has 3 saturated heterocycles. The molecule has 4 amide bonds. The van der Waals surface area contributed by atoms with E-state index in [0.717, 1.165) is 42.7 Å². The zero-order valence-electron chi connectivity index (χ0n) is 33.1. The zero-order valence-corrected chi connectivity index (χ0v) is 33.9. The number of alkyl halides is 3. The number of hydrogen-bond donors (Lipinski definition) is 3. The van der Waals surface area contributed by atoms with Crippen LogP contribution < -0.4 is 20.9 Å². The number of carbonyl (C=O) groups excluding carboxylic acids is 4. The smallest absolute Gasteiger partial charge is 0.376 e. The second kappa shape index (κ2) is 17.7. The summed E-state index contributed by atoms with van der Waals surface area (Å²) in [5, 5.41) is 17.8. The van der Waals surface area contributed by atoms with E-state index in [0.29, 0.717) is 43.9 Å². The first-order valence-corrected chi connectivity index (χ1v) is 20.1. The van der Waals surface area contributed by atoms with Crippen LogP contribution in [0.2, 0.25) is 0 Å². The van der Waals surface area contributed by atoms with E-state index >= 15 is 0 Å². The number of likely N-dealkylation sites (tertiary alicyclic amines) is 1. The summed E-state index contributed by atoms with van der Waals surface area (Å²) in [5.74, 6) is -1.22. The van der Waals surface area contributed by atoms with Crippen molar-refractivity contribution in [3.8, 4) is 6.07 Å². The zero-order chi connectivity index (χ0) is 41.9. The van der Waals surface area contributed by atoms with Gasteiger partial charge in [-0.2, -0.15) is 18.4 Å². The Labute approximate surface area is 341 Å². The highest BCUT2D eigenvalue weighted by Crippen LogP contribution is 2.41. The van der Waals surface area contributed by atoms with Gasteiger partial charge in [0.15, 0.2) is 5.11 Å². The number of carbonyl (C=O) groups is 4. The van der Waals surface area contributed by atoms with E-state index in [1.807, 2.05) is 4.90 Å². The summed E-state index contributed by atoms with van der Waals surface area (Å²) in [4.78, 5) is 55.5. The van der Waals surface area contributed by atoms with Gasteiger partial charge in [-0.3, -0.25) is 34.3 Å². The molecule has 17 heteroatoms. The molecule has 2 unspecified atom stereocenters. The van der Waals surface area contributed by atoms with Gasteiger partial charge in [-0.1, -0.05) is 6.07 Å². The second-order valence-electron chi connectivity index (χ2n) is 16.1. The molecule has 312 valence electrons. The Balaban J connectivity index is 0.919. The van der Waals surface area contributed by atoms with Crippen molar-refractivity contribution in [2.24, 2.45) is 0 Å². The number of piperidine rings is 2. The molecule has 4 aliphatic rings. The average Bonchev–Trinajstić information content (AvgIpc) is 3.34. The molecule has 6 rings (SSSR count). The molecule has 0 bridgehead atoms. The lowest BCUT2D eigenvalue weighted by Gasteiger charge is -2.42. The van der Waals surface area contributed by atoms with Gasteiger partial charge >= 0.3 is 6.18 Å². The van der Waals surface area contributed by atoms with Crippen LogP contribution >= 0.6 is 12.2 Å². The topological polar surface area (TPSA) is 156 Å². The first-order valence-electron chi connectivity index (χ1n) is 19.7. The Hall–Kier alpha value is -4.63. The Kier molecular flexibility index (Phi) is 13.1. The third-order valence-electron chi connectivity index (χ3n) is 11.6. The lowest BCUT2D eigenvalue weighted by Crippen LogP contribution is -2.51. The van der Waals surface area contributed by atoms with Crippen molar-refractivity contribution in [2.75, 3.05) is 35.3 Å². The van der Waals surface area contributed by atoms with E-state index in [9.17, 15) is 37.6 Å². The van der Waals surface area contributed by atoms with Gasteiger partial charge in [-0.25, -0.2) is 0 Å². The number of halogens is 3. The van der Waals surface area contributed by atoms with Crippen molar-refractivity contribution in [3.05, 3.63) is 53.6 Å². The number of nitrogens with zero attached hydrogens (tertiary/aromatic N) is 4. The number of benzene rings is 2. The summed E-state index contributed by atoms with van der Waals surface area (Å²) >= 11 is 5.72. The Morgan fingerprint density at radius 3 is 2.26 bits per heavy atom. The van der Waals surface area contributed by atoms with E-state index in [4.69, 9.17) is 21.7 Å². The number of amides is 4. The van der Waals surface area contributed by atoms with E-state index in [-0.39, 0.29) is 71.8 Å². The van der Waals surface area contributed by atoms with Gasteiger partial charge in [0, 0.05) is 35.9 Å². The van der Waals surface area contributed by atoms with Crippen LogP contribution in [0, 0.1) is 11.3 Å². The first kappa shape index (κ1) is 43.0. The fourth-order valence-electron chi connectivity index (χ4n) is 8.65. The van der Waals surface area contributed by atoms with Crippen molar-refractivity contribution in [1.29, 1.82) is 5.26 Å². The van der Waals surface area contributed by atoms with Gasteiger partial charge < -0.3 is 25.0 Å². The van der Waals surface area contributed by atoms with E-state index in [1.165, 1.54) is 6.07 Å². The summed E-state index contributed by atoms with van der Waals surface area (Å²) in [6, 6.07) is 11.5. The molecule has 1 saturated carbocycles.